The van der Waals surface area contributed by atoms with E-state index < -0.39 is 23.9 Å². The van der Waals surface area contributed by atoms with Crippen molar-refractivity contribution in [3.8, 4) is 0 Å². The Morgan fingerprint density at radius 3 is 2.26 bits per heavy atom. The number of nitrogens with zero attached hydrogens (tertiary/aromatic N) is 1. The van der Waals surface area contributed by atoms with Crippen molar-refractivity contribution >= 4 is 18.7 Å². The lowest BCUT2D eigenvalue weighted by Gasteiger charge is -2.40. The highest BCUT2D eigenvalue weighted by molar-refractivity contribution is 6.62. The van der Waals surface area contributed by atoms with E-state index in [4.69, 9.17) is 14.0 Å². The van der Waals surface area contributed by atoms with Crippen LogP contribution in [0.25, 0.3) is 0 Å². The fourth-order valence-corrected chi connectivity index (χ4v) is 3.24. The van der Waals surface area contributed by atoms with Crippen LogP contribution >= 0.6 is 0 Å². The van der Waals surface area contributed by atoms with Gasteiger partial charge in [0.15, 0.2) is 0 Å². The summed E-state index contributed by atoms with van der Waals surface area (Å²) in [6, 6.07) is 4.70. The number of hydrogen-bond acceptors (Lipinski definition) is 4. The van der Waals surface area contributed by atoms with Crippen LogP contribution in [0.4, 0.5) is 9.18 Å². The summed E-state index contributed by atoms with van der Waals surface area (Å²) >= 11 is 0. The van der Waals surface area contributed by atoms with Gasteiger partial charge in [-0.2, -0.15) is 0 Å². The van der Waals surface area contributed by atoms with E-state index in [2.05, 4.69) is 0 Å². The van der Waals surface area contributed by atoms with E-state index in [1.165, 1.54) is 12.1 Å². The van der Waals surface area contributed by atoms with Crippen LogP contribution in [0.15, 0.2) is 18.2 Å². The third-order valence-electron chi connectivity index (χ3n) is 5.53. The lowest BCUT2D eigenvalue weighted by molar-refractivity contribution is 0.00578. The second-order valence-corrected chi connectivity index (χ2v) is 9.44. The van der Waals surface area contributed by atoms with Gasteiger partial charge < -0.3 is 18.9 Å². The molecule has 27 heavy (non-hydrogen) atoms. The van der Waals surface area contributed by atoms with Crippen LogP contribution in [-0.4, -0.2) is 48.0 Å². The molecule has 148 valence electrons. The van der Waals surface area contributed by atoms with Crippen LogP contribution in [0.3, 0.4) is 0 Å². The highest BCUT2D eigenvalue weighted by Gasteiger charge is 2.53. The van der Waals surface area contributed by atoms with Gasteiger partial charge in [0.1, 0.15) is 11.4 Å². The minimum absolute atomic E-state index is 0.104. The van der Waals surface area contributed by atoms with E-state index in [9.17, 15) is 9.18 Å². The maximum Gasteiger partial charge on any atom is 0.495 e. The number of likely N-dealkylation sites (tertiary alicyclic amines) is 1. The summed E-state index contributed by atoms with van der Waals surface area (Å²) in [5, 5.41) is 0. The first kappa shape index (κ1) is 20.1. The van der Waals surface area contributed by atoms with E-state index in [0.717, 1.165) is 5.56 Å². The highest BCUT2D eigenvalue weighted by Crippen LogP contribution is 2.37. The van der Waals surface area contributed by atoms with Crippen LogP contribution in [-0.2, 0) is 14.0 Å². The molecule has 2 aliphatic rings. The molecule has 5 nitrogen and oxygen atoms in total. The third kappa shape index (κ3) is 3.99. The first-order chi connectivity index (χ1) is 12.3. The molecule has 0 aliphatic carbocycles. The van der Waals surface area contributed by atoms with E-state index in [-0.39, 0.29) is 17.8 Å². The number of carbonyl (C=O) groups is 1. The van der Waals surface area contributed by atoms with Gasteiger partial charge in [-0.1, -0.05) is 6.07 Å². The van der Waals surface area contributed by atoms with Gasteiger partial charge in [0, 0.05) is 19.0 Å². The van der Waals surface area contributed by atoms with E-state index in [1.54, 1.807) is 11.0 Å². The Morgan fingerprint density at radius 2 is 1.74 bits per heavy atom. The second kappa shape index (κ2) is 6.48. The van der Waals surface area contributed by atoms with Crippen LogP contribution in [0, 0.1) is 5.82 Å². The molecule has 0 unspecified atom stereocenters. The smallest absolute Gasteiger partial charge is 0.444 e. The minimum atomic E-state index is -0.628. The van der Waals surface area contributed by atoms with Crippen molar-refractivity contribution in [1.82, 2.24) is 4.90 Å². The lowest BCUT2D eigenvalue weighted by atomic mass is 9.71. The Balaban J connectivity index is 1.77. The molecule has 1 aromatic rings. The summed E-state index contributed by atoms with van der Waals surface area (Å²) in [5.74, 6) is -0.223. The van der Waals surface area contributed by atoms with Gasteiger partial charge in [0.2, 0.25) is 0 Å². The molecular weight excluding hydrogens is 348 g/mol. The topological polar surface area (TPSA) is 48.0 Å². The van der Waals surface area contributed by atoms with E-state index >= 15 is 0 Å². The van der Waals surface area contributed by atoms with Crippen molar-refractivity contribution < 1.29 is 23.2 Å². The molecule has 0 atom stereocenters. The molecule has 7 heteroatoms. The zero-order valence-corrected chi connectivity index (χ0v) is 17.3. The maximum absolute atomic E-state index is 14.0. The van der Waals surface area contributed by atoms with Crippen molar-refractivity contribution in [2.75, 3.05) is 13.1 Å². The lowest BCUT2D eigenvalue weighted by Crippen LogP contribution is -2.52. The molecule has 3 rings (SSSR count). The molecule has 0 radical (unpaired) electrons. The van der Waals surface area contributed by atoms with Crippen LogP contribution < -0.4 is 5.46 Å². The van der Waals surface area contributed by atoms with Gasteiger partial charge in [-0.15, -0.1) is 0 Å². The molecule has 0 bridgehead atoms. The fourth-order valence-electron chi connectivity index (χ4n) is 3.24. The molecule has 2 saturated heterocycles. The molecule has 0 N–H and O–H groups in total. The van der Waals surface area contributed by atoms with Gasteiger partial charge in [-0.3, -0.25) is 0 Å². The normalized spacial score (nSPS) is 21.9. The monoisotopic (exact) mass is 377 g/mol. The number of rotatable bonds is 2. The second-order valence-electron chi connectivity index (χ2n) is 9.44. The van der Waals surface area contributed by atoms with Crippen LogP contribution in [0.1, 0.15) is 59.9 Å². The number of amides is 1. The average Bonchev–Trinajstić information content (AvgIpc) is 2.65. The first-order valence-electron chi connectivity index (χ1n) is 9.42. The zero-order chi connectivity index (χ0) is 20.2. The SMILES string of the molecule is CC(C)(C)OC(=O)N1CC(c2ccc(F)cc2B2OC(C)(C)C(C)(C)O2)C1. The Hall–Kier alpha value is -1.60. The van der Waals surface area contributed by atoms with Gasteiger partial charge in [-0.05, 0) is 71.6 Å². The van der Waals surface area contributed by atoms with Crippen molar-refractivity contribution in [2.45, 2.75) is 71.2 Å². The maximum atomic E-state index is 14.0. The molecule has 0 saturated carbocycles. The van der Waals surface area contributed by atoms with Gasteiger partial charge in [0.25, 0.3) is 0 Å². The first-order valence-corrected chi connectivity index (χ1v) is 9.42. The quantitative estimate of drug-likeness (QED) is 0.741. The van der Waals surface area contributed by atoms with Crippen LogP contribution in [0.5, 0.6) is 0 Å². The molecule has 1 amide bonds. The summed E-state index contributed by atoms with van der Waals surface area (Å²) in [6.45, 7) is 14.5. The predicted octanol–water partition coefficient (Wildman–Crippen LogP) is 3.46. The number of halogens is 1. The standard InChI is InChI=1S/C20H29BFNO4/c1-18(2,3)25-17(24)23-11-13(12-23)15-9-8-14(22)10-16(15)21-26-19(4,5)20(6,7)27-21/h8-10,13H,11-12H2,1-7H3. The summed E-state index contributed by atoms with van der Waals surface area (Å²) in [5.41, 5.74) is 0.135. The van der Waals surface area contributed by atoms with Crippen molar-refractivity contribution in [3.63, 3.8) is 0 Å². The predicted molar refractivity (Wildman–Crippen MR) is 103 cm³/mol. The Kier molecular flexibility index (Phi) is 4.84. The fraction of sp³-hybridized carbons (Fsp3) is 0.650. The Labute approximate surface area is 161 Å². The zero-order valence-electron chi connectivity index (χ0n) is 17.3. The molecule has 2 aliphatic heterocycles. The number of carbonyl (C=O) groups excluding carboxylic acids is 1. The Bertz CT molecular complexity index is 722. The van der Waals surface area contributed by atoms with Crippen LogP contribution in [0.2, 0.25) is 0 Å². The van der Waals surface area contributed by atoms with Crippen molar-refractivity contribution in [2.24, 2.45) is 0 Å². The van der Waals surface area contributed by atoms with E-state index in [0.29, 0.717) is 18.6 Å². The average molecular weight is 377 g/mol. The molecule has 2 fully saturated rings. The number of benzene rings is 1. The summed E-state index contributed by atoms with van der Waals surface area (Å²) in [7, 11) is -0.628. The Morgan fingerprint density at radius 1 is 1.19 bits per heavy atom. The number of ether oxygens (including phenoxy) is 1. The molecule has 2 heterocycles. The minimum Gasteiger partial charge on any atom is -0.444 e. The van der Waals surface area contributed by atoms with Crippen molar-refractivity contribution in [1.29, 1.82) is 0 Å². The molecule has 0 aromatic heterocycles. The van der Waals surface area contributed by atoms with E-state index in [1.807, 2.05) is 48.5 Å². The molecular formula is C20H29BFNO4. The highest BCUT2D eigenvalue weighted by atomic mass is 19.1. The van der Waals surface area contributed by atoms with Crippen molar-refractivity contribution in [3.05, 3.63) is 29.6 Å². The summed E-state index contributed by atoms with van der Waals surface area (Å²) in [4.78, 5) is 13.8. The van der Waals surface area contributed by atoms with Gasteiger partial charge in [-0.25, -0.2) is 9.18 Å². The third-order valence-corrected chi connectivity index (χ3v) is 5.53. The molecule has 0 spiro atoms. The number of hydrogen-bond donors (Lipinski definition) is 0. The summed E-state index contributed by atoms with van der Waals surface area (Å²) in [6.07, 6.45) is -0.321. The molecule has 1 aromatic carbocycles. The van der Waals surface area contributed by atoms with Gasteiger partial charge >= 0.3 is 13.2 Å². The van der Waals surface area contributed by atoms with Gasteiger partial charge in [0.05, 0.1) is 11.2 Å². The largest absolute Gasteiger partial charge is 0.495 e. The summed E-state index contributed by atoms with van der Waals surface area (Å²) < 4.78 is 31.6.